The molecule has 1 aromatic rings. The molecule has 7 heteroatoms. The van der Waals surface area contributed by atoms with E-state index in [9.17, 15) is 0 Å². The van der Waals surface area contributed by atoms with Crippen molar-refractivity contribution in [2.75, 3.05) is 25.7 Å². The van der Waals surface area contributed by atoms with E-state index in [1.54, 1.807) is 0 Å². The molecule has 1 aromatic heterocycles. The molecule has 1 fully saturated rings. The maximum Gasteiger partial charge on any atom is 0.214 e. The van der Waals surface area contributed by atoms with Crippen LogP contribution in [0, 0.1) is 4.77 Å². The summed E-state index contributed by atoms with van der Waals surface area (Å²) in [5.74, 6) is 6.19. The van der Waals surface area contributed by atoms with Gasteiger partial charge in [0.05, 0.1) is 19.8 Å². The first-order valence-electron chi connectivity index (χ1n) is 3.91. The Labute approximate surface area is 79.6 Å². The molecular formula is C6H10N4O2S. The van der Waals surface area contributed by atoms with Crippen molar-refractivity contribution in [3.63, 3.8) is 0 Å². The number of ether oxygens (including phenoxy) is 2. The van der Waals surface area contributed by atoms with Crippen molar-refractivity contribution in [2.45, 2.75) is 6.10 Å². The minimum atomic E-state index is -0.216. The summed E-state index contributed by atoms with van der Waals surface area (Å²) < 4.78 is 12.3. The summed E-state index contributed by atoms with van der Waals surface area (Å²) in [6.45, 7) is 1.65. The van der Waals surface area contributed by atoms with Crippen molar-refractivity contribution in [1.82, 2.24) is 14.9 Å². The van der Waals surface area contributed by atoms with Crippen LogP contribution in [0.25, 0.3) is 0 Å². The predicted molar refractivity (Wildman–Crippen MR) is 47.1 cm³/mol. The van der Waals surface area contributed by atoms with Gasteiger partial charge in [-0.15, -0.1) is 0 Å². The lowest BCUT2D eigenvalue weighted by Gasteiger charge is -2.21. The topological polar surface area (TPSA) is 78.1 Å². The largest absolute Gasteiger partial charge is 0.376 e. The van der Waals surface area contributed by atoms with Gasteiger partial charge in [-0.1, -0.05) is 0 Å². The minimum absolute atomic E-state index is 0.216. The van der Waals surface area contributed by atoms with Crippen LogP contribution in [0.3, 0.4) is 0 Å². The Kier molecular flexibility index (Phi) is 2.30. The van der Waals surface area contributed by atoms with Crippen LogP contribution >= 0.6 is 12.2 Å². The van der Waals surface area contributed by atoms with Gasteiger partial charge in [-0.05, 0) is 12.2 Å². The first-order valence-corrected chi connectivity index (χ1v) is 4.31. The summed E-state index contributed by atoms with van der Waals surface area (Å²) in [7, 11) is 0. The van der Waals surface area contributed by atoms with Crippen LogP contribution in [0.5, 0.6) is 0 Å². The SMILES string of the molecule is Nn1c(C2COCCO2)n[nH]c1=S. The normalized spacial score (nSPS) is 23.2. The Morgan fingerprint density at radius 1 is 1.62 bits per heavy atom. The number of nitrogens with zero attached hydrogens (tertiary/aromatic N) is 2. The zero-order chi connectivity index (χ0) is 9.26. The van der Waals surface area contributed by atoms with E-state index in [0.717, 1.165) is 0 Å². The summed E-state index contributed by atoms with van der Waals surface area (Å²) >= 11 is 4.87. The van der Waals surface area contributed by atoms with Gasteiger partial charge in [-0.2, -0.15) is 5.10 Å². The zero-order valence-corrected chi connectivity index (χ0v) is 7.71. The third-order valence-electron chi connectivity index (χ3n) is 1.84. The molecule has 0 saturated carbocycles. The molecule has 1 saturated heterocycles. The second-order valence-electron chi connectivity index (χ2n) is 2.69. The van der Waals surface area contributed by atoms with Crippen LogP contribution in [0.4, 0.5) is 0 Å². The fourth-order valence-corrected chi connectivity index (χ4v) is 1.32. The van der Waals surface area contributed by atoms with Crippen LogP contribution in [0.2, 0.25) is 0 Å². The van der Waals surface area contributed by atoms with E-state index in [2.05, 4.69) is 10.2 Å². The third-order valence-corrected chi connectivity index (χ3v) is 2.12. The molecule has 72 valence electrons. The Morgan fingerprint density at radius 3 is 3.00 bits per heavy atom. The number of H-pyrrole nitrogens is 1. The summed E-state index contributed by atoms with van der Waals surface area (Å²) in [6.07, 6.45) is -0.216. The molecular weight excluding hydrogens is 192 g/mol. The second-order valence-corrected chi connectivity index (χ2v) is 3.08. The standard InChI is InChI=1S/C6H10N4O2S/c7-10-5(8-9-6(10)13)4-3-11-1-2-12-4/h4H,1-3,7H2,(H,9,13). The monoisotopic (exact) mass is 202 g/mol. The summed E-state index contributed by atoms with van der Waals surface area (Å²) in [5.41, 5.74) is 0. The summed E-state index contributed by atoms with van der Waals surface area (Å²) in [6, 6.07) is 0. The van der Waals surface area contributed by atoms with Crippen LogP contribution < -0.4 is 5.84 Å². The number of hydrogen-bond donors (Lipinski definition) is 2. The van der Waals surface area contributed by atoms with E-state index < -0.39 is 0 Å². The molecule has 2 heterocycles. The Bertz CT molecular complexity index is 341. The Hall–Kier alpha value is -0.920. The van der Waals surface area contributed by atoms with Crippen molar-refractivity contribution >= 4 is 12.2 Å². The molecule has 6 nitrogen and oxygen atoms in total. The number of rotatable bonds is 1. The van der Waals surface area contributed by atoms with E-state index in [1.807, 2.05) is 0 Å². The zero-order valence-electron chi connectivity index (χ0n) is 6.90. The molecule has 13 heavy (non-hydrogen) atoms. The van der Waals surface area contributed by atoms with E-state index in [1.165, 1.54) is 4.68 Å². The van der Waals surface area contributed by atoms with Gasteiger partial charge in [0.25, 0.3) is 0 Å². The number of aromatic amines is 1. The van der Waals surface area contributed by atoms with Crippen LogP contribution in [0.1, 0.15) is 11.9 Å². The molecule has 0 aliphatic carbocycles. The number of hydrogen-bond acceptors (Lipinski definition) is 5. The van der Waals surface area contributed by atoms with E-state index in [4.69, 9.17) is 27.5 Å². The quantitative estimate of drug-likeness (QED) is 0.484. The van der Waals surface area contributed by atoms with Crippen LogP contribution in [-0.2, 0) is 9.47 Å². The van der Waals surface area contributed by atoms with Crippen molar-refractivity contribution in [2.24, 2.45) is 0 Å². The fourth-order valence-electron chi connectivity index (χ4n) is 1.18. The third kappa shape index (κ3) is 1.58. The Morgan fingerprint density at radius 2 is 2.46 bits per heavy atom. The first kappa shape index (κ1) is 8.67. The number of aromatic nitrogens is 3. The van der Waals surface area contributed by atoms with E-state index >= 15 is 0 Å². The van der Waals surface area contributed by atoms with Crippen molar-refractivity contribution in [3.05, 3.63) is 10.6 Å². The maximum absolute atomic E-state index is 5.62. The molecule has 1 unspecified atom stereocenters. The average Bonchev–Trinajstić information content (AvgIpc) is 2.49. The number of nitrogens with one attached hydrogen (secondary N) is 1. The average molecular weight is 202 g/mol. The maximum atomic E-state index is 5.62. The predicted octanol–water partition coefficient (Wildman–Crippen LogP) is -0.258. The fraction of sp³-hybridized carbons (Fsp3) is 0.667. The molecule has 2 rings (SSSR count). The summed E-state index contributed by atoms with van der Waals surface area (Å²) in [5, 5.41) is 6.54. The Balaban J connectivity index is 2.23. The number of nitrogen functional groups attached to an aromatic ring is 1. The lowest BCUT2D eigenvalue weighted by Crippen LogP contribution is -2.26. The van der Waals surface area contributed by atoms with Crippen LogP contribution in [-0.4, -0.2) is 34.7 Å². The van der Waals surface area contributed by atoms with Gasteiger partial charge in [-0.25, -0.2) is 4.68 Å². The highest BCUT2D eigenvalue weighted by molar-refractivity contribution is 7.71. The van der Waals surface area contributed by atoms with Gasteiger partial charge in [0, 0.05) is 0 Å². The molecule has 1 aliphatic rings. The van der Waals surface area contributed by atoms with E-state index in [-0.39, 0.29) is 6.10 Å². The molecule has 0 radical (unpaired) electrons. The molecule has 0 amide bonds. The van der Waals surface area contributed by atoms with Crippen molar-refractivity contribution in [3.8, 4) is 0 Å². The highest BCUT2D eigenvalue weighted by Crippen LogP contribution is 2.16. The molecule has 1 aliphatic heterocycles. The van der Waals surface area contributed by atoms with E-state index in [0.29, 0.717) is 30.4 Å². The van der Waals surface area contributed by atoms with Gasteiger partial charge in [0.15, 0.2) is 5.82 Å². The molecule has 1 atom stereocenters. The van der Waals surface area contributed by atoms with Gasteiger partial charge in [-0.3, -0.25) is 5.10 Å². The van der Waals surface area contributed by atoms with Crippen molar-refractivity contribution < 1.29 is 9.47 Å². The highest BCUT2D eigenvalue weighted by Gasteiger charge is 2.21. The van der Waals surface area contributed by atoms with Gasteiger partial charge >= 0.3 is 0 Å². The van der Waals surface area contributed by atoms with Gasteiger partial charge in [0.1, 0.15) is 6.10 Å². The first-order chi connectivity index (χ1) is 6.29. The smallest absolute Gasteiger partial charge is 0.214 e. The number of nitrogens with two attached hydrogens (primary N) is 1. The minimum Gasteiger partial charge on any atom is -0.376 e. The van der Waals surface area contributed by atoms with Crippen LogP contribution in [0.15, 0.2) is 0 Å². The van der Waals surface area contributed by atoms with Crippen molar-refractivity contribution in [1.29, 1.82) is 0 Å². The molecule has 3 N–H and O–H groups in total. The lowest BCUT2D eigenvalue weighted by atomic mass is 10.3. The van der Waals surface area contributed by atoms with Gasteiger partial charge in [0.2, 0.25) is 4.77 Å². The van der Waals surface area contributed by atoms with Gasteiger partial charge < -0.3 is 15.3 Å². The highest BCUT2D eigenvalue weighted by atomic mass is 32.1. The second kappa shape index (κ2) is 3.44. The lowest BCUT2D eigenvalue weighted by molar-refractivity contribution is -0.0943. The molecule has 0 aromatic carbocycles. The molecule has 0 spiro atoms. The summed E-state index contributed by atoms with van der Waals surface area (Å²) in [4.78, 5) is 0. The molecule has 0 bridgehead atoms.